The van der Waals surface area contributed by atoms with Crippen LogP contribution in [0.4, 0.5) is 0 Å². The van der Waals surface area contributed by atoms with Crippen LogP contribution in [0.1, 0.15) is 24.6 Å². The monoisotopic (exact) mass is 212 g/mol. The van der Waals surface area contributed by atoms with Gasteiger partial charge in [0.25, 0.3) is 0 Å². The summed E-state index contributed by atoms with van der Waals surface area (Å²) in [6.07, 6.45) is 0.448. The Kier molecular flexibility index (Phi) is 4.32. The topological polar surface area (TPSA) is 43.4 Å². The number of esters is 1. The summed E-state index contributed by atoms with van der Waals surface area (Å²) in [6.45, 7) is 1.78. The van der Waals surface area contributed by atoms with E-state index in [1.54, 1.807) is 11.3 Å². The molecular weight excluding hydrogens is 200 g/mol. The summed E-state index contributed by atoms with van der Waals surface area (Å²) in [5.74, 6) is -0.299. The zero-order chi connectivity index (χ0) is 10.4. The second-order valence-corrected chi connectivity index (χ2v) is 3.97. The van der Waals surface area contributed by atoms with Crippen molar-refractivity contribution in [2.75, 3.05) is 0 Å². The van der Waals surface area contributed by atoms with Crippen molar-refractivity contribution in [2.24, 2.45) is 0 Å². The zero-order valence-corrected chi connectivity index (χ0v) is 8.80. The summed E-state index contributed by atoms with van der Waals surface area (Å²) in [6, 6.07) is 3.81. The van der Waals surface area contributed by atoms with Gasteiger partial charge in [-0.2, -0.15) is 0 Å². The molecule has 0 saturated heterocycles. The minimum Gasteiger partial charge on any atom is -0.460 e. The lowest BCUT2D eigenvalue weighted by Gasteiger charge is -2.01. The van der Waals surface area contributed by atoms with Crippen LogP contribution >= 0.6 is 11.3 Å². The van der Waals surface area contributed by atoms with E-state index in [4.69, 9.17) is 4.74 Å². The molecule has 76 valence electrons. The normalized spacial score (nSPS) is 9.79. The third kappa shape index (κ3) is 4.18. The predicted octanol–water partition coefficient (Wildman–Crippen LogP) is 2.16. The molecule has 0 atom stereocenters. The molecule has 0 aromatic carbocycles. The van der Waals surface area contributed by atoms with E-state index < -0.39 is 0 Å². The Morgan fingerprint density at radius 3 is 2.79 bits per heavy atom. The molecule has 0 amide bonds. The standard InChI is InChI=1S/C10H12O3S/c1-8(11)4-5-10(12)13-7-9-3-2-6-14-9/h2-3,6H,4-5,7H2,1H3. The number of ether oxygens (including phenoxy) is 1. The Labute approximate surface area is 86.7 Å². The van der Waals surface area contributed by atoms with Crippen LogP contribution in [0.5, 0.6) is 0 Å². The largest absolute Gasteiger partial charge is 0.460 e. The van der Waals surface area contributed by atoms with Gasteiger partial charge < -0.3 is 9.53 Å². The molecule has 1 rings (SSSR count). The van der Waals surface area contributed by atoms with E-state index in [0.717, 1.165) is 4.88 Å². The predicted molar refractivity (Wildman–Crippen MR) is 54.0 cm³/mol. The second kappa shape index (κ2) is 5.54. The van der Waals surface area contributed by atoms with E-state index in [1.165, 1.54) is 6.92 Å². The Balaban J connectivity index is 2.18. The minimum atomic E-state index is -0.311. The maximum atomic E-state index is 11.1. The molecule has 14 heavy (non-hydrogen) atoms. The number of thiophene rings is 1. The number of rotatable bonds is 5. The molecule has 0 saturated carbocycles. The molecule has 0 bridgehead atoms. The van der Waals surface area contributed by atoms with Crippen molar-refractivity contribution in [1.82, 2.24) is 0 Å². The molecule has 0 radical (unpaired) electrons. The van der Waals surface area contributed by atoms with E-state index in [-0.39, 0.29) is 24.6 Å². The molecule has 0 N–H and O–H groups in total. The van der Waals surface area contributed by atoms with Gasteiger partial charge in [0.15, 0.2) is 0 Å². The highest BCUT2D eigenvalue weighted by Gasteiger charge is 2.05. The first kappa shape index (κ1) is 10.9. The Morgan fingerprint density at radius 2 is 2.21 bits per heavy atom. The van der Waals surface area contributed by atoms with Crippen LogP contribution in [-0.4, -0.2) is 11.8 Å². The van der Waals surface area contributed by atoms with Gasteiger partial charge in [-0.25, -0.2) is 0 Å². The average Bonchev–Trinajstić information content (AvgIpc) is 2.63. The molecule has 1 heterocycles. The van der Waals surface area contributed by atoms with Gasteiger partial charge in [-0.1, -0.05) is 6.07 Å². The second-order valence-electron chi connectivity index (χ2n) is 2.94. The van der Waals surface area contributed by atoms with Crippen LogP contribution in [-0.2, 0) is 20.9 Å². The number of carbonyl (C=O) groups is 2. The first-order chi connectivity index (χ1) is 6.68. The summed E-state index contributed by atoms with van der Waals surface area (Å²) in [7, 11) is 0. The maximum Gasteiger partial charge on any atom is 0.306 e. The van der Waals surface area contributed by atoms with Gasteiger partial charge in [-0.15, -0.1) is 11.3 Å². The zero-order valence-electron chi connectivity index (χ0n) is 7.99. The van der Waals surface area contributed by atoms with E-state index in [0.29, 0.717) is 6.61 Å². The van der Waals surface area contributed by atoms with Crippen LogP contribution in [0.3, 0.4) is 0 Å². The van der Waals surface area contributed by atoms with Crippen molar-refractivity contribution in [3.05, 3.63) is 22.4 Å². The molecule has 1 aromatic rings. The summed E-state index contributed by atoms with van der Waals surface area (Å²) in [5.41, 5.74) is 0. The summed E-state index contributed by atoms with van der Waals surface area (Å²) in [5, 5.41) is 1.93. The number of hydrogen-bond donors (Lipinski definition) is 0. The van der Waals surface area contributed by atoms with E-state index in [2.05, 4.69) is 0 Å². The molecule has 0 spiro atoms. The van der Waals surface area contributed by atoms with E-state index in [1.807, 2.05) is 17.5 Å². The fourth-order valence-electron chi connectivity index (χ4n) is 0.897. The molecular formula is C10H12O3S. The molecule has 0 aliphatic rings. The lowest BCUT2D eigenvalue weighted by molar-refractivity contribution is -0.145. The van der Waals surface area contributed by atoms with E-state index in [9.17, 15) is 9.59 Å². The van der Waals surface area contributed by atoms with Crippen LogP contribution in [0, 0.1) is 0 Å². The van der Waals surface area contributed by atoms with Gasteiger partial charge in [0, 0.05) is 11.3 Å². The fourth-order valence-corrected chi connectivity index (χ4v) is 1.51. The maximum absolute atomic E-state index is 11.1. The van der Waals surface area contributed by atoms with Gasteiger partial charge in [0.2, 0.25) is 0 Å². The molecule has 0 fully saturated rings. The highest BCUT2D eigenvalue weighted by molar-refractivity contribution is 7.09. The van der Waals surface area contributed by atoms with Gasteiger partial charge in [0.1, 0.15) is 12.4 Å². The van der Waals surface area contributed by atoms with Crippen molar-refractivity contribution in [3.63, 3.8) is 0 Å². The van der Waals surface area contributed by atoms with Crippen molar-refractivity contribution < 1.29 is 14.3 Å². The molecule has 0 aliphatic carbocycles. The van der Waals surface area contributed by atoms with Crippen LogP contribution in [0.15, 0.2) is 17.5 Å². The molecule has 0 unspecified atom stereocenters. The van der Waals surface area contributed by atoms with Crippen LogP contribution in [0.25, 0.3) is 0 Å². The number of carbonyl (C=O) groups excluding carboxylic acids is 2. The number of hydrogen-bond acceptors (Lipinski definition) is 4. The molecule has 0 aliphatic heterocycles. The summed E-state index contributed by atoms with van der Waals surface area (Å²) >= 11 is 1.55. The quantitative estimate of drug-likeness (QED) is 0.702. The first-order valence-corrected chi connectivity index (χ1v) is 5.24. The summed E-state index contributed by atoms with van der Waals surface area (Å²) < 4.78 is 4.96. The fraction of sp³-hybridized carbons (Fsp3) is 0.400. The van der Waals surface area contributed by atoms with Crippen LogP contribution in [0.2, 0.25) is 0 Å². The number of ketones is 1. The SMILES string of the molecule is CC(=O)CCC(=O)OCc1cccs1. The van der Waals surface area contributed by atoms with Crippen molar-refractivity contribution in [2.45, 2.75) is 26.4 Å². The van der Waals surface area contributed by atoms with Crippen molar-refractivity contribution in [1.29, 1.82) is 0 Å². The van der Waals surface area contributed by atoms with Gasteiger partial charge >= 0.3 is 5.97 Å². The Hall–Kier alpha value is -1.16. The summed E-state index contributed by atoms with van der Waals surface area (Å²) in [4.78, 5) is 22.7. The lowest BCUT2D eigenvalue weighted by atomic mass is 10.2. The van der Waals surface area contributed by atoms with Crippen LogP contribution < -0.4 is 0 Å². The third-order valence-corrected chi connectivity index (χ3v) is 2.49. The smallest absolute Gasteiger partial charge is 0.306 e. The molecule has 4 heteroatoms. The minimum absolute atomic E-state index is 0.0121. The van der Waals surface area contributed by atoms with Gasteiger partial charge in [-0.3, -0.25) is 4.79 Å². The van der Waals surface area contributed by atoms with Crippen molar-refractivity contribution >= 4 is 23.1 Å². The first-order valence-electron chi connectivity index (χ1n) is 4.36. The number of Topliss-reactive ketones (excluding diaryl/α,β-unsaturated/α-hetero) is 1. The Morgan fingerprint density at radius 1 is 1.43 bits per heavy atom. The Bertz CT molecular complexity index is 303. The average molecular weight is 212 g/mol. The highest BCUT2D eigenvalue weighted by atomic mass is 32.1. The van der Waals surface area contributed by atoms with Gasteiger partial charge in [-0.05, 0) is 18.4 Å². The highest BCUT2D eigenvalue weighted by Crippen LogP contribution is 2.10. The molecule has 3 nitrogen and oxygen atoms in total. The van der Waals surface area contributed by atoms with Crippen molar-refractivity contribution in [3.8, 4) is 0 Å². The third-order valence-electron chi connectivity index (χ3n) is 1.64. The lowest BCUT2D eigenvalue weighted by Crippen LogP contribution is -2.05. The molecule has 1 aromatic heterocycles. The van der Waals surface area contributed by atoms with E-state index >= 15 is 0 Å². The van der Waals surface area contributed by atoms with Gasteiger partial charge in [0.05, 0.1) is 6.42 Å².